The van der Waals surface area contributed by atoms with E-state index in [0.29, 0.717) is 0 Å². The fourth-order valence-electron chi connectivity index (χ4n) is 1.65. The summed E-state index contributed by atoms with van der Waals surface area (Å²) in [5.74, 6) is -0.194. The Bertz CT molecular complexity index is 306. The molecule has 0 heterocycles. The number of hydrogen-bond donors (Lipinski definition) is 1. The minimum Gasteiger partial charge on any atom is -0.324 e. The van der Waals surface area contributed by atoms with Crippen LogP contribution in [0.1, 0.15) is 19.4 Å². The van der Waals surface area contributed by atoms with Gasteiger partial charge in [0.05, 0.1) is 0 Å². The van der Waals surface area contributed by atoms with Crippen LogP contribution in [0.5, 0.6) is 0 Å². The van der Waals surface area contributed by atoms with Crippen LogP contribution in [0.25, 0.3) is 0 Å². The first kappa shape index (κ1) is 15.4. The van der Waals surface area contributed by atoms with Gasteiger partial charge >= 0.3 is 0 Å². The van der Waals surface area contributed by atoms with E-state index in [1.165, 1.54) is 12.1 Å². The van der Waals surface area contributed by atoms with E-state index in [2.05, 4.69) is 4.90 Å². The normalized spacial score (nSPS) is 11.4. The molecule has 2 N–H and O–H groups in total. The van der Waals surface area contributed by atoms with Gasteiger partial charge in [0.15, 0.2) is 0 Å². The zero-order chi connectivity index (χ0) is 11.5. The van der Waals surface area contributed by atoms with E-state index in [4.69, 9.17) is 5.73 Å². The van der Waals surface area contributed by atoms with Crippen LogP contribution < -0.4 is 5.73 Å². The molecule has 0 amide bonds. The molecule has 0 spiro atoms. The first-order valence-electron chi connectivity index (χ1n) is 5.09. The Kier molecular flexibility index (Phi) is 5.94. The fourth-order valence-corrected chi connectivity index (χ4v) is 1.65. The highest BCUT2D eigenvalue weighted by Gasteiger charge is 2.13. The molecular weight excluding hydrogens is 227 g/mol. The molecule has 0 saturated heterocycles. The minimum absolute atomic E-state index is 0. The zero-order valence-electron chi connectivity index (χ0n) is 10.0. The summed E-state index contributed by atoms with van der Waals surface area (Å²) in [4.78, 5) is 2.13. The van der Waals surface area contributed by atoms with E-state index in [0.717, 1.165) is 18.7 Å². The van der Waals surface area contributed by atoms with E-state index in [9.17, 15) is 4.39 Å². The van der Waals surface area contributed by atoms with Gasteiger partial charge in [-0.05, 0) is 38.6 Å². The Hall–Kier alpha value is -0.640. The lowest BCUT2D eigenvalue weighted by atomic mass is 10.1. The van der Waals surface area contributed by atoms with Crippen LogP contribution in [0, 0.1) is 5.82 Å². The van der Waals surface area contributed by atoms with Crippen LogP contribution in [0.2, 0.25) is 0 Å². The Balaban J connectivity index is 0.00000225. The molecule has 0 saturated carbocycles. The minimum atomic E-state index is -0.200. The molecule has 16 heavy (non-hydrogen) atoms. The van der Waals surface area contributed by atoms with Crippen molar-refractivity contribution in [2.24, 2.45) is 5.73 Å². The molecule has 0 atom stereocenters. The predicted molar refractivity (Wildman–Crippen MR) is 68.2 cm³/mol. The van der Waals surface area contributed by atoms with Crippen molar-refractivity contribution in [1.82, 2.24) is 4.90 Å². The van der Waals surface area contributed by atoms with E-state index >= 15 is 0 Å². The third-order valence-corrected chi connectivity index (χ3v) is 2.04. The Morgan fingerprint density at radius 1 is 1.25 bits per heavy atom. The molecule has 1 aromatic rings. The summed E-state index contributed by atoms with van der Waals surface area (Å²) in [5.41, 5.74) is 6.81. The largest absolute Gasteiger partial charge is 0.324 e. The average Bonchev–Trinajstić information content (AvgIpc) is 2.05. The third kappa shape index (κ3) is 6.05. The third-order valence-electron chi connectivity index (χ3n) is 2.04. The lowest BCUT2D eigenvalue weighted by Gasteiger charge is -2.26. The first-order valence-corrected chi connectivity index (χ1v) is 5.09. The summed E-state index contributed by atoms with van der Waals surface area (Å²) in [7, 11) is 2.01. The molecule has 0 radical (unpaired) electrons. The van der Waals surface area contributed by atoms with Gasteiger partial charge in [-0.3, -0.25) is 0 Å². The molecule has 0 fully saturated rings. The number of benzene rings is 1. The summed E-state index contributed by atoms with van der Waals surface area (Å²) in [6.07, 6.45) is 0. The lowest BCUT2D eigenvalue weighted by molar-refractivity contribution is 0.263. The lowest BCUT2D eigenvalue weighted by Crippen LogP contribution is -2.43. The highest BCUT2D eigenvalue weighted by atomic mass is 35.5. The summed E-state index contributed by atoms with van der Waals surface area (Å²) in [6.45, 7) is 5.59. The Morgan fingerprint density at radius 2 is 1.75 bits per heavy atom. The van der Waals surface area contributed by atoms with Gasteiger partial charge in [-0.15, -0.1) is 12.4 Å². The predicted octanol–water partition coefficient (Wildman–Crippen LogP) is 2.42. The van der Waals surface area contributed by atoms with E-state index in [1.54, 1.807) is 12.1 Å². The molecule has 92 valence electrons. The number of likely N-dealkylation sites (N-methyl/N-ethyl adjacent to an activating group) is 1. The summed E-state index contributed by atoms with van der Waals surface area (Å²) >= 11 is 0. The molecule has 4 heteroatoms. The van der Waals surface area contributed by atoms with Gasteiger partial charge in [-0.25, -0.2) is 4.39 Å². The molecule has 0 bridgehead atoms. The second-order valence-electron chi connectivity index (χ2n) is 4.79. The zero-order valence-corrected chi connectivity index (χ0v) is 10.9. The van der Waals surface area contributed by atoms with E-state index in [1.807, 2.05) is 20.9 Å². The molecular formula is C12H20ClFN2. The number of nitrogens with zero attached hydrogens (tertiary/aromatic N) is 1. The summed E-state index contributed by atoms with van der Waals surface area (Å²) in [5, 5.41) is 0. The smallest absolute Gasteiger partial charge is 0.123 e. The van der Waals surface area contributed by atoms with Crippen LogP contribution >= 0.6 is 12.4 Å². The van der Waals surface area contributed by atoms with Gasteiger partial charge in [0.1, 0.15) is 5.82 Å². The van der Waals surface area contributed by atoms with Crippen molar-refractivity contribution in [3.05, 3.63) is 35.6 Å². The van der Waals surface area contributed by atoms with E-state index < -0.39 is 0 Å². The standard InChI is InChI=1S/C12H19FN2.ClH/c1-12(2,14)9-15(3)8-10-4-6-11(13)7-5-10;/h4-7H,8-9,14H2,1-3H3;1H. The van der Waals surface area contributed by atoms with Gasteiger partial charge in [0.25, 0.3) is 0 Å². The van der Waals surface area contributed by atoms with Gasteiger partial charge in [0, 0.05) is 18.6 Å². The Labute approximate surface area is 103 Å². The van der Waals surface area contributed by atoms with Crippen molar-refractivity contribution >= 4 is 12.4 Å². The second kappa shape index (κ2) is 6.18. The topological polar surface area (TPSA) is 29.3 Å². The molecule has 1 rings (SSSR count). The maximum Gasteiger partial charge on any atom is 0.123 e. The van der Waals surface area contributed by atoms with Crippen molar-refractivity contribution in [3.63, 3.8) is 0 Å². The highest BCUT2D eigenvalue weighted by Crippen LogP contribution is 2.07. The van der Waals surface area contributed by atoms with Crippen molar-refractivity contribution in [3.8, 4) is 0 Å². The Morgan fingerprint density at radius 3 is 2.19 bits per heavy atom. The summed E-state index contributed by atoms with van der Waals surface area (Å²) < 4.78 is 12.7. The first-order chi connectivity index (χ1) is 6.87. The van der Waals surface area contributed by atoms with Gasteiger partial charge in [0.2, 0.25) is 0 Å². The molecule has 1 aromatic carbocycles. The van der Waals surface area contributed by atoms with E-state index in [-0.39, 0.29) is 23.8 Å². The molecule has 0 aliphatic heterocycles. The average molecular weight is 247 g/mol. The second-order valence-corrected chi connectivity index (χ2v) is 4.79. The molecule has 0 aliphatic carbocycles. The van der Waals surface area contributed by atoms with Crippen molar-refractivity contribution in [1.29, 1.82) is 0 Å². The van der Waals surface area contributed by atoms with Crippen molar-refractivity contribution in [2.45, 2.75) is 25.9 Å². The van der Waals surface area contributed by atoms with Crippen LogP contribution in [-0.4, -0.2) is 24.0 Å². The molecule has 0 aromatic heterocycles. The number of nitrogens with two attached hydrogens (primary N) is 1. The summed E-state index contributed by atoms with van der Waals surface area (Å²) in [6, 6.07) is 6.57. The van der Waals surface area contributed by atoms with Gasteiger partial charge in [-0.2, -0.15) is 0 Å². The number of halogens is 2. The van der Waals surface area contributed by atoms with Crippen molar-refractivity contribution in [2.75, 3.05) is 13.6 Å². The number of rotatable bonds is 4. The van der Waals surface area contributed by atoms with Crippen LogP contribution in [0.15, 0.2) is 24.3 Å². The van der Waals surface area contributed by atoms with Gasteiger partial charge in [-0.1, -0.05) is 12.1 Å². The highest BCUT2D eigenvalue weighted by molar-refractivity contribution is 5.85. The SMILES string of the molecule is CN(Cc1ccc(F)cc1)CC(C)(C)N.Cl. The van der Waals surface area contributed by atoms with Crippen LogP contribution in [-0.2, 0) is 6.54 Å². The maximum absolute atomic E-state index is 12.7. The van der Waals surface area contributed by atoms with Crippen molar-refractivity contribution < 1.29 is 4.39 Å². The van der Waals surface area contributed by atoms with Crippen LogP contribution in [0.4, 0.5) is 4.39 Å². The van der Waals surface area contributed by atoms with Crippen LogP contribution in [0.3, 0.4) is 0 Å². The maximum atomic E-state index is 12.7. The molecule has 0 aliphatic rings. The molecule has 0 unspecified atom stereocenters. The number of hydrogen-bond acceptors (Lipinski definition) is 2. The van der Waals surface area contributed by atoms with Gasteiger partial charge < -0.3 is 10.6 Å². The fraction of sp³-hybridized carbons (Fsp3) is 0.500. The molecule has 2 nitrogen and oxygen atoms in total. The monoisotopic (exact) mass is 246 g/mol. The quantitative estimate of drug-likeness (QED) is 0.884.